The lowest BCUT2D eigenvalue weighted by atomic mass is 10.1. The number of hydrogen-bond acceptors (Lipinski definition) is 6. The van der Waals surface area contributed by atoms with E-state index in [0.717, 1.165) is 36.1 Å². The van der Waals surface area contributed by atoms with Gasteiger partial charge in [0.15, 0.2) is 0 Å². The zero-order valence-corrected chi connectivity index (χ0v) is 20.3. The van der Waals surface area contributed by atoms with E-state index < -0.39 is 0 Å². The molecule has 1 aliphatic heterocycles. The lowest BCUT2D eigenvalue weighted by Gasteiger charge is -2.13. The first-order valence-corrected chi connectivity index (χ1v) is 12.6. The van der Waals surface area contributed by atoms with Crippen LogP contribution in [0.15, 0.2) is 65.0 Å². The number of carbonyl (C=O) groups is 1. The number of aromatic nitrogens is 2. The number of ether oxygens (including phenoxy) is 2. The normalized spacial score (nSPS) is 15.4. The maximum Gasteiger partial charge on any atom is 0.262 e. The predicted molar refractivity (Wildman–Crippen MR) is 138 cm³/mol. The van der Waals surface area contributed by atoms with Crippen LogP contribution in [0.3, 0.4) is 0 Å². The summed E-state index contributed by atoms with van der Waals surface area (Å²) in [4.78, 5) is 31.0. The first-order chi connectivity index (χ1) is 17.1. The van der Waals surface area contributed by atoms with Crippen molar-refractivity contribution >= 4 is 33.1 Å². The summed E-state index contributed by atoms with van der Waals surface area (Å²) in [5, 5.41) is 5.45. The fraction of sp³-hybridized carbons (Fsp3) is 0.296. The van der Waals surface area contributed by atoms with Crippen LogP contribution in [0, 0.1) is 6.92 Å². The summed E-state index contributed by atoms with van der Waals surface area (Å²) in [5.41, 5.74) is 3.54. The average Bonchev–Trinajstić information content (AvgIpc) is 3.54. The third kappa shape index (κ3) is 5.44. The monoisotopic (exact) mass is 489 g/mol. The van der Waals surface area contributed by atoms with Crippen molar-refractivity contribution in [3.05, 3.63) is 76.2 Å². The first kappa shape index (κ1) is 23.3. The summed E-state index contributed by atoms with van der Waals surface area (Å²) in [7, 11) is 0. The molecule has 1 atom stereocenters. The lowest BCUT2D eigenvalue weighted by Crippen LogP contribution is -2.23. The minimum Gasteiger partial charge on any atom is -0.491 e. The van der Waals surface area contributed by atoms with Crippen molar-refractivity contribution in [2.45, 2.75) is 38.8 Å². The van der Waals surface area contributed by atoms with Gasteiger partial charge in [0.2, 0.25) is 5.91 Å². The van der Waals surface area contributed by atoms with E-state index in [0.29, 0.717) is 28.3 Å². The van der Waals surface area contributed by atoms with Crippen LogP contribution in [0.25, 0.3) is 21.3 Å². The highest BCUT2D eigenvalue weighted by atomic mass is 32.1. The standard InChI is InChI=1S/C27H27N3O4S/c1-18-7-9-19(10-8-18)23-16-35-26-25(23)27(32)30(17-28-26)12-11-24(31)29-20-4-2-5-21(14-20)34-15-22-6-3-13-33-22/h2,4-5,7-10,14,16-17,22H,3,6,11-13,15H2,1H3,(H,29,31). The molecule has 1 N–H and O–H groups in total. The molecule has 0 radical (unpaired) electrons. The van der Waals surface area contributed by atoms with Crippen LogP contribution in [-0.2, 0) is 16.1 Å². The molecule has 35 heavy (non-hydrogen) atoms. The van der Waals surface area contributed by atoms with Crippen LogP contribution >= 0.6 is 11.3 Å². The highest BCUT2D eigenvalue weighted by Gasteiger charge is 2.16. The molecular formula is C27H27N3O4S. The van der Waals surface area contributed by atoms with Crippen LogP contribution in [0.4, 0.5) is 5.69 Å². The first-order valence-electron chi connectivity index (χ1n) is 11.7. The van der Waals surface area contributed by atoms with E-state index in [2.05, 4.69) is 10.3 Å². The Labute approximate surface area is 207 Å². The summed E-state index contributed by atoms with van der Waals surface area (Å²) in [5.74, 6) is 0.502. The second kappa shape index (κ2) is 10.4. The molecule has 0 spiro atoms. The maximum atomic E-state index is 13.2. The van der Waals surface area contributed by atoms with E-state index in [1.165, 1.54) is 22.2 Å². The number of anilines is 1. The molecule has 1 aliphatic rings. The predicted octanol–water partition coefficient (Wildman–Crippen LogP) is 5.02. The van der Waals surface area contributed by atoms with Gasteiger partial charge in [-0.3, -0.25) is 14.2 Å². The summed E-state index contributed by atoms with van der Waals surface area (Å²) in [6.45, 7) is 3.56. The van der Waals surface area contributed by atoms with Gasteiger partial charge in [0.25, 0.3) is 5.56 Å². The molecule has 5 rings (SSSR count). The highest BCUT2D eigenvalue weighted by Crippen LogP contribution is 2.30. The molecule has 8 heteroatoms. The number of hydrogen-bond donors (Lipinski definition) is 1. The molecule has 7 nitrogen and oxygen atoms in total. The molecular weight excluding hydrogens is 462 g/mol. The van der Waals surface area contributed by atoms with E-state index in [1.54, 1.807) is 6.07 Å². The number of amides is 1. The molecule has 4 aromatic rings. The van der Waals surface area contributed by atoms with Crippen molar-refractivity contribution in [1.29, 1.82) is 0 Å². The van der Waals surface area contributed by atoms with E-state index in [4.69, 9.17) is 9.47 Å². The summed E-state index contributed by atoms with van der Waals surface area (Å²) in [6, 6.07) is 15.4. The SMILES string of the molecule is Cc1ccc(-c2csc3ncn(CCC(=O)Nc4cccc(OCC5CCCO5)c4)c(=O)c23)cc1. The van der Waals surface area contributed by atoms with Gasteiger partial charge < -0.3 is 14.8 Å². The molecule has 0 saturated carbocycles. The molecule has 2 aromatic carbocycles. The van der Waals surface area contributed by atoms with Crippen molar-refractivity contribution < 1.29 is 14.3 Å². The minimum absolute atomic E-state index is 0.132. The van der Waals surface area contributed by atoms with E-state index in [9.17, 15) is 9.59 Å². The Morgan fingerprint density at radius 3 is 2.91 bits per heavy atom. The van der Waals surface area contributed by atoms with Crippen molar-refractivity contribution in [2.24, 2.45) is 0 Å². The van der Waals surface area contributed by atoms with Crippen LogP contribution < -0.4 is 15.6 Å². The van der Waals surface area contributed by atoms with Crippen LogP contribution in [0.1, 0.15) is 24.8 Å². The molecule has 3 heterocycles. The molecule has 1 saturated heterocycles. The fourth-order valence-electron chi connectivity index (χ4n) is 4.15. The smallest absolute Gasteiger partial charge is 0.262 e. The number of nitrogens with zero attached hydrogens (tertiary/aromatic N) is 2. The number of carbonyl (C=O) groups excluding carboxylic acids is 1. The number of thiophene rings is 1. The van der Waals surface area contributed by atoms with E-state index in [1.807, 2.05) is 54.8 Å². The van der Waals surface area contributed by atoms with Gasteiger partial charge in [-0.15, -0.1) is 11.3 Å². The van der Waals surface area contributed by atoms with Gasteiger partial charge in [0.05, 0.1) is 17.8 Å². The molecule has 0 bridgehead atoms. The Hall–Kier alpha value is -3.49. The molecule has 2 aromatic heterocycles. The molecule has 180 valence electrons. The molecule has 0 aliphatic carbocycles. The van der Waals surface area contributed by atoms with Crippen LogP contribution in [0.5, 0.6) is 5.75 Å². The zero-order valence-electron chi connectivity index (χ0n) is 19.5. The third-order valence-electron chi connectivity index (χ3n) is 6.08. The fourth-order valence-corrected chi connectivity index (χ4v) is 5.05. The minimum atomic E-state index is -0.183. The molecule has 1 fully saturated rings. The lowest BCUT2D eigenvalue weighted by molar-refractivity contribution is -0.116. The van der Waals surface area contributed by atoms with Gasteiger partial charge in [-0.1, -0.05) is 35.9 Å². The summed E-state index contributed by atoms with van der Waals surface area (Å²) >= 11 is 1.45. The Kier molecular flexibility index (Phi) is 6.92. The number of nitrogens with one attached hydrogen (secondary N) is 1. The van der Waals surface area contributed by atoms with Crippen molar-refractivity contribution in [3.63, 3.8) is 0 Å². The topological polar surface area (TPSA) is 82.5 Å². The summed E-state index contributed by atoms with van der Waals surface area (Å²) in [6.07, 6.45) is 3.88. The second-order valence-electron chi connectivity index (χ2n) is 8.71. The number of benzene rings is 2. The van der Waals surface area contributed by atoms with E-state index in [-0.39, 0.29) is 30.5 Å². The largest absolute Gasteiger partial charge is 0.491 e. The Morgan fingerprint density at radius 1 is 1.26 bits per heavy atom. The van der Waals surface area contributed by atoms with Gasteiger partial charge >= 0.3 is 0 Å². The number of aryl methyl sites for hydroxylation is 2. The Bertz CT molecular complexity index is 1390. The van der Waals surface area contributed by atoms with Crippen molar-refractivity contribution in [2.75, 3.05) is 18.5 Å². The van der Waals surface area contributed by atoms with Gasteiger partial charge in [-0.2, -0.15) is 0 Å². The zero-order chi connectivity index (χ0) is 24.2. The Balaban J connectivity index is 1.24. The van der Waals surface area contributed by atoms with Crippen LogP contribution in [-0.4, -0.2) is 34.8 Å². The van der Waals surface area contributed by atoms with Gasteiger partial charge in [0.1, 0.15) is 17.2 Å². The number of fused-ring (bicyclic) bond motifs is 1. The quantitative estimate of drug-likeness (QED) is 0.376. The highest BCUT2D eigenvalue weighted by molar-refractivity contribution is 7.17. The second-order valence-corrected chi connectivity index (χ2v) is 9.57. The maximum absolute atomic E-state index is 13.2. The Morgan fingerprint density at radius 2 is 2.11 bits per heavy atom. The van der Waals surface area contributed by atoms with Gasteiger partial charge in [-0.25, -0.2) is 4.98 Å². The van der Waals surface area contributed by atoms with Gasteiger partial charge in [0, 0.05) is 42.3 Å². The van der Waals surface area contributed by atoms with Crippen molar-refractivity contribution in [3.8, 4) is 16.9 Å². The molecule has 1 amide bonds. The van der Waals surface area contributed by atoms with Gasteiger partial charge in [-0.05, 0) is 37.5 Å². The van der Waals surface area contributed by atoms with Crippen LogP contribution in [0.2, 0.25) is 0 Å². The molecule has 1 unspecified atom stereocenters. The summed E-state index contributed by atoms with van der Waals surface area (Å²) < 4.78 is 12.9. The van der Waals surface area contributed by atoms with E-state index >= 15 is 0 Å². The third-order valence-corrected chi connectivity index (χ3v) is 6.97. The number of rotatable bonds is 8. The van der Waals surface area contributed by atoms with Crippen molar-refractivity contribution in [1.82, 2.24) is 9.55 Å². The average molecular weight is 490 g/mol.